The van der Waals surface area contributed by atoms with Gasteiger partial charge in [-0.1, -0.05) is 19.8 Å². The lowest BCUT2D eigenvalue weighted by Gasteiger charge is -2.14. The number of hydrogen-bond donors (Lipinski definition) is 1. The first-order valence-corrected chi connectivity index (χ1v) is 7.77. The molecule has 0 unspecified atom stereocenters. The maximum Gasteiger partial charge on any atom is 0.131 e. The molecule has 0 bridgehead atoms. The van der Waals surface area contributed by atoms with Gasteiger partial charge in [0.05, 0.1) is 0 Å². The Bertz CT molecular complexity index is 385. The molecule has 0 atom stereocenters. The van der Waals surface area contributed by atoms with Crippen molar-refractivity contribution in [1.29, 1.82) is 0 Å². The smallest absolute Gasteiger partial charge is 0.131 e. The van der Waals surface area contributed by atoms with Crippen molar-refractivity contribution < 1.29 is 0 Å². The fourth-order valence-electron chi connectivity index (χ4n) is 3.06. The van der Waals surface area contributed by atoms with E-state index in [0.29, 0.717) is 5.92 Å². The van der Waals surface area contributed by atoms with E-state index >= 15 is 0 Å². The minimum absolute atomic E-state index is 0.619. The summed E-state index contributed by atoms with van der Waals surface area (Å²) in [6.45, 7) is 8.58. The Morgan fingerprint density at radius 2 is 1.74 bits per heavy atom. The Morgan fingerprint density at radius 3 is 2.32 bits per heavy atom. The predicted octanol–water partition coefficient (Wildman–Crippen LogP) is 3.29. The van der Waals surface area contributed by atoms with E-state index in [4.69, 9.17) is 9.97 Å². The molecule has 19 heavy (non-hydrogen) atoms. The molecule has 3 heteroatoms. The highest BCUT2D eigenvalue weighted by Crippen LogP contribution is 2.32. The van der Waals surface area contributed by atoms with Crippen LogP contribution in [-0.2, 0) is 6.42 Å². The molecule has 0 aromatic carbocycles. The molecule has 1 aliphatic carbocycles. The summed E-state index contributed by atoms with van der Waals surface area (Å²) >= 11 is 0. The summed E-state index contributed by atoms with van der Waals surface area (Å²) in [5, 5.41) is 3.37. The number of hydrogen-bond acceptors (Lipinski definition) is 3. The first-order chi connectivity index (χ1) is 9.22. The first kappa shape index (κ1) is 14.4. The highest BCUT2D eigenvalue weighted by molar-refractivity contribution is 5.25. The van der Waals surface area contributed by atoms with Crippen molar-refractivity contribution in [1.82, 2.24) is 15.3 Å². The second-order valence-corrected chi connectivity index (χ2v) is 5.67. The molecule has 0 spiro atoms. The van der Waals surface area contributed by atoms with Crippen LogP contribution >= 0.6 is 0 Å². The Kier molecular flexibility index (Phi) is 5.32. The molecule has 1 saturated carbocycles. The lowest BCUT2D eigenvalue weighted by molar-refractivity contribution is 0.643. The van der Waals surface area contributed by atoms with E-state index in [0.717, 1.165) is 25.3 Å². The maximum atomic E-state index is 4.78. The molecule has 3 nitrogen and oxygen atoms in total. The third-order valence-electron chi connectivity index (χ3n) is 4.19. The van der Waals surface area contributed by atoms with Gasteiger partial charge in [0.15, 0.2) is 0 Å². The van der Waals surface area contributed by atoms with Gasteiger partial charge in [0.25, 0.3) is 0 Å². The lowest BCUT2D eigenvalue weighted by Crippen LogP contribution is -2.15. The quantitative estimate of drug-likeness (QED) is 0.798. The maximum absolute atomic E-state index is 4.78. The van der Waals surface area contributed by atoms with E-state index < -0.39 is 0 Å². The summed E-state index contributed by atoms with van der Waals surface area (Å²) in [4.78, 5) is 9.57. The molecule has 0 amide bonds. The second-order valence-electron chi connectivity index (χ2n) is 5.67. The Labute approximate surface area is 117 Å². The fraction of sp³-hybridized carbons (Fsp3) is 0.750. The first-order valence-electron chi connectivity index (χ1n) is 7.77. The van der Waals surface area contributed by atoms with Gasteiger partial charge in [0.1, 0.15) is 5.82 Å². The van der Waals surface area contributed by atoms with E-state index in [1.807, 2.05) is 0 Å². The van der Waals surface area contributed by atoms with Crippen LogP contribution in [0.3, 0.4) is 0 Å². The van der Waals surface area contributed by atoms with E-state index in [1.54, 1.807) is 0 Å². The summed E-state index contributed by atoms with van der Waals surface area (Å²) in [5.74, 6) is 1.72. The van der Waals surface area contributed by atoms with Crippen molar-refractivity contribution in [3.63, 3.8) is 0 Å². The van der Waals surface area contributed by atoms with Crippen molar-refractivity contribution in [2.45, 2.75) is 65.2 Å². The van der Waals surface area contributed by atoms with Crippen LogP contribution in [0.1, 0.15) is 67.7 Å². The number of nitrogens with one attached hydrogen (secondary N) is 1. The third-order valence-corrected chi connectivity index (χ3v) is 4.19. The van der Waals surface area contributed by atoms with Crippen molar-refractivity contribution in [3.8, 4) is 0 Å². The summed E-state index contributed by atoms with van der Waals surface area (Å²) in [5.41, 5.74) is 3.76. The van der Waals surface area contributed by atoms with Gasteiger partial charge in [-0.15, -0.1) is 0 Å². The van der Waals surface area contributed by atoms with Crippen molar-refractivity contribution >= 4 is 0 Å². The Hall–Kier alpha value is -0.960. The number of rotatable bonds is 6. The SMILES string of the molecule is CCNCCCc1c(C)nc(C2CCCC2)nc1C. The molecular weight excluding hydrogens is 234 g/mol. The van der Waals surface area contributed by atoms with Crippen LogP contribution in [-0.4, -0.2) is 23.1 Å². The minimum Gasteiger partial charge on any atom is -0.317 e. The topological polar surface area (TPSA) is 37.8 Å². The second kappa shape index (κ2) is 6.99. The number of nitrogens with zero attached hydrogens (tertiary/aromatic N) is 2. The van der Waals surface area contributed by atoms with Gasteiger partial charge in [-0.05, 0) is 58.2 Å². The van der Waals surface area contributed by atoms with Crippen molar-refractivity contribution in [2.75, 3.05) is 13.1 Å². The van der Waals surface area contributed by atoms with E-state index in [-0.39, 0.29) is 0 Å². The van der Waals surface area contributed by atoms with Crippen LogP contribution in [0.2, 0.25) is 0 Å². The zero-order valence-electron chi connectivity index (χ0n) is 12.6. The summed E-state index contributed by atoms with van der Waals surface area (Å²) in [7, 11) is 0. The summed E-state index contributed by atoms with van der Waals surface area (Å²) in [6.07, 6.45) is 7.50. The van der Waals surface area contributed by atoms with Gasteiger partial charge < -0.3 is 5.32 Å². The molecule has 0 saturated heterocycles. The molecule has 0 radical (unpaired) electrons. The van der Waals surface area contributed by atoms with Crippen LogP contribution in [0.4, 0.5) is 0 Å². The molecular formula is C16H27N3. The summed E-state index contributed by atoms with van der Waals surface area (Å²) in [6, 6.07) is 0. The molecule has 1 aliphatic rings. The number of aromatic nitrogens is 2. The average molecular weight is 261 g/mol. The van der Waals surface area contributed by atoms with Gasteiger partial charge in [0, 0.05) is 17.3 Å². The van der Waals surface area contributed by atoms with Crippen LogP contribution in [0.15, 0.2) is 0 Å². The molecule has 1 N–H and O–H groups in total. The van der Waals surface area contributed by atoms with Crippen molar-refractivity contribution in [3.05, 3.63) is 22.8 Å². The van der Waals surface area contributed by atoms with E-state index in [1.165, 1.54) is 49.1 Å². The van der Waals surface area contributed by atoms with Gasteiger partial charge in [-0.2, -0.15) is 0 Å². The molecule has 1 fully saturated rings. The zero-order valence-corrected chi connectivity index (χ0v) is 12.6. The Morgan fingerprint density at radius 1 is 1.11 bits per heavy atom. The molecule has 0 aliphatic heterocycles. The van der Waals surface area contributed by atoms with Crippen LogP contribution in [0.25, 0.3) is 0 Å². The molecule has 1 aromatic rings. The molecule has 2 rings (SSSR count). The fourth-order valence-corrected chi connectivity index (χ4v) is 3.06. The monoisotopic (exact) mass is 261 g/mol. The highest BCUT2D eigenvalue weighted by atomic mass is 14.9. The van der Waals surface area contributed by atoms with Crippen LogP contribution in [0.5, 0.6) is 0 Å². The Balaban J connectivity index is 2.04. The molecule has 1 aromatic heterocycles. The summed E-state index contributed by atoms with van der Waals surface area (Å²) < 4.78 is 0. The zero-order chi connectivity index (χ0) is 13.7. The van der Waals surface area contributed by atoms with Gasteiger partial charge in [0.2, 0.25) is 0 Å². The van der Waals surface area contributed by atoms with Gasteiger partial charge in [-0.25, -0.2) is 9.97 Å². The normalized spacial score (nSPS) is 16.2. The molecule has 106 valence electrons. The predicted molar refractivity (Wildman–Crippen MR) is 79.6 cm³/mol. The van der Waals surface area contributed by atoms with Crippen LogP contribution in [0, 0.1) is 13.8 Å². The van der Waals surface area contributed by atoms with Gasteiger partial charge >= 0.3 is 0 Å². The standard InChI is InChI=1S/C16H27N3/c1-4-17-11-7-10-15-12(2)18-16(19-13(15)3)14-8-5-6-9-14/h14,17H,4-11H2,1-3H3. The largest absolute Gasteiger partial charge is 0.317 e. The van der Waals surface area contributed by atoms with E-state index in [2.05, 4.69) is 26.1 Å². The third kappa shape index (κ3) is 3.75. The number of aryl methyl sites for hydroxylation is 2. The highest BCUT2D eigenvalue weighted by Gasteiger charge is 2.21. The van der Waals surface area contributed by atoms with Gasteiger partial charge in [-0.3, -0.25) is 0 Å². The minimum atomic E-state index is 0.619. The molecule has 1 heterocycles. The van der Waals surface area contributed by atoms with Crippen molar-refractivity contribution in [2.24, 2.45) is 0 Å². The van der Waals surface area contributed by atoms with Crippen LogP contribution < -0.4 is 5.32 Å². The lowest BCUT2D eigenvalue weighted by atomic mass is 10.0. The van der Waals surface area contributed by atoms with E-state index in [9.17, 15) is 0 Å². The average Bonchev–Trinajstić information content (AvgIpc) is 2.90.